The maximum atomic E-state index is 14.9. The second-order valence-electron chi connectivity index (χ2n) is 10.8. The molecule has 2 saturated carbocycles. The van der Waals surface area contributed by atoms with Crippen LogP contribution in [0.15, 0.2) is 24.3 Å². The molecule has 7 heteroatoms. The molecule has 2 aromatic rings. The Morgan fingerprint density at radius 3 is 1.73 bits per heavy atom. The van der Waals surface area contributed by atoms with Crippen molar-refractivity contribution < 1.29 is 30.7 Å². The minimum atomic E-state index is -4.88. The van der Waals surface area contributed by atoms with Crippen LogP contribution < -0.4 is 0 Å². The second kappa shape index (κ2) is 11.5. The van der Waals surface area contributed by atoms with Crippen molar-refractivity contribution in [3.63, 3.8) is 0 Å². The highest BCUT2D eigenvalue weighted by molar-refractivity contribution is 5.40. The van der Waals surface area contributed by atoms with Crippen LogP contribution in [0.1, 0.15) is 86.5 Å². The van der Waals surface area contributed by atoms with Crippen LogP contribution in [0.4, 0.5) is 30.7 Å². The van der Waals surface area contributed by atoms with Gasteiger partial charge in [-0.25, -0.2) is 17.6 Å². The van der Waals surface area contributed by atoms with E-state index in [4.69, 9.17) is 0 Å². The third kappa shape index (κ3) is 7.09. The number of aryl methyl sites for hydroxylation is 1. The summed E-state index contributed by atoms with van der Waals surface area (Å²) in [5, 5.41) is 0. The van der Waals surface area contributed by atoms with Crippen LogP contribution in [0.2, 0.25) is 0 Å². The van der Waals surface area contributed by atoms with Crippen molar-refractivity contribution in [3.8, 4) is 11.8 Å². The Bertz CT molecular complexity index is 1110. The first-order chi connectivity index (χ1) is 17.5. The highest BCUT2D eigenvalue weighted by atomic mass is 19.4. The minimum absolute atomic E-state index is 0.0749. The molecule has 0 aliphatic heterocycles. The van der Waals surface area contributed by atoms with Crippen molar-refractivity contribution in [1.29, 1.82) is 0 Å². The van der Waals surface area contributed by atoms with E-state index in [-0.39, 0.29) is 29.9 Å². The lowest BCUT2D eigenvalue weighted by atomic mass is 9.68. The first-order valence-corrected chi connectivity index (χ1v) is 13.1. The first-order valence-electron chi connectivity index (χ1n) is 13.1. The topological polar surface area (TPSA) is 0 Å². The van der Waals surface area contributed by atoms with Crippen LogP contribution in [0, 0.1) is 52.9 Å². The Kier molecular flexibility index (Phi) is 8.56. The first kappa shape index (κ1) is 27.5. The zero-order valence-corrected chi connectivity index (χ0v) is 20.8. The van der Waals surface area contributed by atoms with Crippen LogP contribution in [0.25, 0.3) is 0 Å². The van der Waals surface area contributed by atoms with Crippen LogP contribution in [-0.4, -0.2) is 6.18 Å². The van der Waals surface area contributed by atoms with Gasteiger partial charge in [0.25, 0.3) is 0 Å². The molecular weight excluding hydrogens is 493 g/mol. The highest BCUT2D eigenvalue weighted by Crippen LogP contribution is 2.44. The molecule has 0 spiro atoms. The maximum absolute atomic E-state index is 14.9. The van der Waals surface area contributed by atoms with Crippen LogP contribution in [0.3, 0.4) is 0 Å². The monoisotopic (exact) mass is 524 g/mol. The van der Waals surface area contributed by atoms with Gasteiger partial charge < -0.3 is 0 Å². The number of hydrogen-bond acceptors (Lipinski definition) is 0. The summed E-state index contributed by atoms with van der Waals surface area (Å²) in [5.74, 6) is 0.816. The van der Waals surface area contributed by atoms with Gasteiger partial charge in [0.15, 0.2) is 0 Å². The molecule has 2 aliphatic rings. The number of rotatable bonds is 5. The molecule has 0 N–H and O–H groups in total. The van der Waals surface area contributed by atoms with Gasteiger partial charge in [0.1, 0.15) is 23.3 Å². The van der Waals surface area contributed by atoms with E-state index in [0.29, 0.717) is 11.5 Å². The van der Waals surface area contributed by atoms with E-state index in [1.807, 2.05) is 0 Å². The molecule has 0 radical (unpaired) electrons. The van der Waals surface area contributed by atoms with E-state index in [1.54, 1.807) is 0 Å². The van der Waals surface area contributed by atoms with Gasteiger partial charge in [0.2, 0.25) is 0 Å². The van der Waals surface area contributed by atoms with Crippen molar-refractivity contribution in [2.75, 3.05) is 0 Å². The average molecular weight is 525 g/mol. The van der Waals surface area contributed by atoms with Crippen molar-refractivity contribution in [1.82, 2.24) is 0 Å². The summed E-state index contributed by atoms with van der Waals surface area (Å²) >= 11 is 0. The number of benzene rings is 2. The summed E-state index contributed by atoms with van der Waals surface area (Å²) in [5.41, 5.74) is -0.434. The molecule has 37 heavy (non-hydrogen) atoms. The van der Waals surface area contributed by atoms with E-state index < -0.39 is 35.0 Å². The van der Waals surface area contributed by atoms with Gasteiger partial charge in [-0.05, 0) is 110 Å². The van der Waals surface area contributed by atoms with Crippen molar-refractivity contribution in [2.45, 2.75) is 83.2 Å². The molecule has 0 aromatic heterocycles. The Morgan fingerprint density at radius 2 is 1.22 bits per heavy atom. The lowest BCUT2D eigenvalue weighted by molar-refractivity contribution is -0.0696. The van der Waals surface area contributed by atoms with Gasteiger partial charge in [0, 0.05) is 11.5 Å². The van der Waals surface area contributed by atoms with Crippen molar-refractivity contribution >= 4 is 0 Å². The predicted octanol–water partition coefficient (Wildman–Crippen LogP) is 9.04. The van der Waals surface area contributed by atoms with Crippen LogP contribution in [-0.2, 0) is 12.8 Å². The Hall–Kier alpha value is -2.49. The molecule has 2 aromatic carbocycles. The molecule has 0 atom stereocenters. The van der Waals surface area contributed by atoms with Crippen molar-refractivity contribution in [2.24, 2.45) is 17.8 Å². The largest absolute Gasteiger partial charge is 0.458 e. The molecule has 200 valence electrons. The Labute approximate surface area is 213 Å². The zero-order valence-electron chi connectivity index (χ0n) is 20.8. The molecule has 2 fully saturated rings. The van der Waals surface area contributed by atoms with Gasteiger partial charge in [-0.1, -0.05) is 25.7 Å². The summed E-state index contributed by atoms with van der Waals surface area (Å²) in [4.78, 5) is 0. The summed E-state index contributed by atoms with van der Waals surface area (Å²) in [6, 6.07) is 4.45. The van der Waals surface area contributed by atoms with E-state index in [0.717, 1.165) is 55.6 Å². The Morgan fingerprint density at radius 1 is 0.703 bits per heavy atom. The number of alkyl halides is 3. The third-order valence-electron chi connectivity index (χ3n) is 8.23. The molecular formula is C30H31F7. The summed E-state index contributed by atoms with van der Waals surface area (Å²) in [6.07, 6.45) is 4.02. The van der Waals surface area contributed by atoms with E-state index in [2.05, 4.69) is 6.92 Å². The van der Waals surface area contributed by atoms with Gasteiger partial charge >= 0.3 is 6.18 Å². The van der Waals surface area contributed by atoms with Crippen LogP contribution in [0.5, 0.6) is 0 Å². The van der Waals surface area contributed by atoms with Gasteiger partial charge in [-0.15, -0.1) is 0 Å². The standard InChI is InChI=1S/C30H31F7/c1-18-2-5-20(6-3-18)21-7-9-22(10-8-21)23-16-28(33)24(29(34)17-23)11-4-19-14-26(31)25(27(32)15-19)12-13-30(35,36)37/h14-18,20-22H,2-11H2,1H3. The van der Waals surface area contributed by atoms with E-state index in [9.17, 15) is 30.7 Å². The molecule has 0 nitrogen and oxygen atoms in total. The fourth-order valence-electron chi connectivity index (χ4n) is 6.07. The van der Waals surface area contributed by atoms with E-state index in [1.165, 1.54) is 43.7 Å². The summed E-state index contributed by atoms with van der Waals surface area (Å²) < 4.78 is 94.8. The minimum Gasteiger partial charge on any atom is -0.207 e. The number of hydrogen-bond donors (Lipinski definition) is 0. The fraction of sp³-hybridized carbons (Fsp3) is 0.533. The molecule has 0 unspecified atom stereocenters. The Balaban J connectivity index is 1.38. The smallest absolute Gasteiger partial charge is 0.207 e. The number of halogens is 7. The lowest BCUT2D eigenvalue weighted by Crippen LogP contribution is -2.24. The molecule has 0 heterocycles. The summed E-state index contributed by atoms with van der Waals surface area (Å²) in [7, 11) is 0. The predicted molar refractivity (Wildman–Crippen MR) is 129 cm³/mol. The maximum Gasteiger partial charge on any atom is 0.458 e. The quantitative estimate of drug-likeness (QED) is 0.270. The molecule has 0 amide bonds. The average Bonchev–Trinajstić information content (AvgIpc) is 2.83. The van der Waals surface area contributed by atoms with Gasteiger partial charge in [0.05, 0.1) is 5.56 Å². The normalized spacial score (nSPS) is 24.4. The molecule has 2 aliphatic carbocycles. The zero-order chi connectivity index (χ0) is 26.7. The molecule has 4 rings (SSSR count). The molecule has 0 saturated heterocycles. The molecule has 0 bridgehead atoms. The van der Waals surface area contributed by atoms with Gasteiger partial charge in [-0.2, -0.15) is 13.2 Å². The fourth-order valence-corrected chi connectivity index (χ4v) is 6.07. The second-order valence-corrected chi connectivity index (χ2v) is 10.8. The lowest BCUT2D eigenvalue weighted by Gasteiger charge is -2.37. The third-order valence-corrected chi connectivity index (χ3v) is 8.23. The highest BCUT2D eigenvalue weighted by Gasteiger charge is 2.31. The van der Waals surface area contributed by atoms with Crippen LogP contribution >= 0.6 is 0 Å². The van der Waals surface area contributed by atoms with E-state index >= 15 is 0 Å². The SMILES string of the molecule is CC1CCC(C2CCC(c3cc(F)c(CCc4cc(F)c(C#CC(F)(F)F)c(F)c4)c(F)c3)CC2)CC1. The van der Waals surface area contributed by atoms with Crippen molar-refractivity contribution in [3.05, 3.63) is 69.8 Å². The van der Waals surface area contributed by atoms with Gasteiger partial charge in [-0.3, -0.25) is 0 Å². The summed E-state index contributed by atoms with van der Waals surface area (Å²) in [6.45, 7) is 2.31.